The number of nitrogens with zero attached hydrogens (tertiary/aromatic N) is 2. The van der Waals surface area contributed by atoms with Crippen molar-refractivity contribution in [2.75, 3.05) is 32.5 Å². The number of hydrogen-bond acceptors (Lipinski definition) is 5. The van der Waals surface area contributed by atoms with E-state index in [1.165, 1.54) is 19.2 Å². The Labute approximate surface area is 187 Å². The molecule has 2 aromatic rings. The molecule has 0 unspecified atom stereocenters. The number of benzene rings is 2. The first-order valence-electron chi connectivity index (χ1n) is 10.4. The van der Waals surface area contributed by atoms with Crippen LogP contribution >= 0.6 is 11.8 Å². The van der Waals surface area contributed by atoms with Crippen LogP contribution in [-0.2, 0) is 16.1 Å². The molecule has 1 saturated heterocycles. The van der Waals surface area contributed by atoms with Crippen molar-refractivity contribution < 1.29 is 18.7 Å². The fourth-order valence-corrected chi connectivity index (χ4v) is 5.06. The maximum atomic E-state index is 13.3. The molecular weight excluding hydrogens is 415 g/mol. The van der Waals surface area contributed by atoms with Gasteiger partial charge in [-0.2, -0.15) is 0 Å². The molecule has 5 nitrogen and oxygen atoms in total. The second kappa shape index (κ2) is 10.8. The molecular formula is C24H29FN2O3S. The molecule has 3 rings (SSSR count). The van der Waals surface area contributed by atoms with Gasteiger partial charge in [-0.05, 0) is 41.3 Å². The highest BCUT2D eigenvalue weighted by molar-refractivity contribution is 7.99. The quantitative estimate of drug-likeness (QED) is 0.567. The lowest BCUT2D eigenvalue weighted by molar-refractivity contribution is -0.132. The first kappa shape index (κ1) is 23.3. The minimum absolute atomic E-state index is 0.0593. The zero-order chi connectivity index (χ0) is 22.4. The molecule has 0 aromatic heterocycles. The Morgan fingerprint density at radius 1 is 1.23 bits per heavy atom. The van der Waals surface area contributed by atoms with Crippen LogP contribution in [0.25, 0.3) is 0 Å². The predicted molar refractivity (Wildman–Crippen MR) is 121 cm³/mol. The van der Waals surface area contributed by atoms with E-state index in [0.717, 1.165) is 23.4 Å². The average molecular weight is 445 g/mol. The molecule has 1 heterocycles. The van der Waals surface area contributed by atoms with Crippen molar-refractivity contribution in [2.24, 2.45) is 5.92 Å². The monoisotopic (exact) mass is 444 g/mol. The third-order valence-electron chi connectivity index (χ3n) is 5.10. The van der Waals surface area contributed by atoms with Gasteiger partial charge in [0.25, 0.3) is 0 Å². The van der Waals surface area contributed by atoms with Crippen molar-refractivity contribution in [3.63, 3.8) is 0 Å². The topological polar surface area (TPSA) is 49.9 Å². The molecule has 1 aliphatic heterocycles. The van der Waals surface area contributed by atoms with Crippen LogP contribution in [0.3, 0.4) is 0 Å². The average Bonchev–Trinajstić information content (AvgIpc) is 3.23. The maximum Gasteiger partial charge on any atom is 0.337 e. The molecule has 0 aliphatic carbocycles. The fraction of sp³-hybridized carbons (Fsp3) is 0.417. The Hall–Kier alpha value is -2.38. The number of esters is 1. The Kier molecular flexibility index (Phi) is 8.09. The summed E-state index contributed by atoms with van der Waals surface area (Å²) in [5, 5.41) is -0.0864. The van der Waals surface area contributed by atoms with E-state index >= 15 is 0 Å². The lowest BCUT2D eigenvalue weighted by atomic mass is 10.1. The molecule has 1 fully saturated rings. The van der Waals surface area contributed by atoms with Crippen molar-refractivity contribution >= 4 is 23.6 Å². The molecule has 2 aromatic carbocycles. The smallest absolute Gasteiger partial charge is 0.337 e. The van der Waals surface area contributed by atoms with E-state index in [9.17, 15) is 14.0 Å². The zero-order valence-corrected chi connectivity index (χ0v) is 19.0. The van der Waals surface area contributed by atoms with Crippen LogP contribution in [-0.4, -0.2) is 54.2 Å². The minimum Gasteiger partial charge on any atom is -0.465 e. The van der Waals surface area contributed by atoms with Crippen LogP contribution in [0.4, 0.5) is 4.39 Å². The summed E-state index contributed by atoms with van der Waals surface area (Å²) < 4.78 is 18.1. The van der Waals surface area contributed by atoms with Gasteiger partial charge in [-0.3, -0.25) is 9.69 Å². The molecule has 7 heteroatoms. The van der Waals surface area contributed by atoms with Crippen LogP contribution in [0.5, 0.6) is 0 Å². The van der Waals surface area contributed by atoms with Crippen molar-refractivity contribution in [3.05, 3.63) is 71.0 Å². The van der Waals surface area contributed by atoms with Gasteiger partial charge >= 0.3 is 5.97 Å². The van der Waals surface area contributed by atoms with Gasteiger partial charge in [-0.25, -0.2) is 9.18 Å². The lowest BCUT2D eigenvalue weighted by Crippen LogP contribution is -2.41. The van der Waals surface area contributed by atoms with Gasteiger partial charge in [0.1, 0.15) is 11.2 Å². The SMILES string of the molecule is COC(=O)c1cccc(CN(CC(=O)N2CCS[C@H]2c2ccc(F)cc2)CC(C)C)c1. The van der Waals surface area contributed by atoms with Crippen molar-refractivity contribution in [2.45, 2.75) is 25.8 Å². The highest BCUT2D eigenvalue weighted by Gasteiger charge is 2.31. The van der Waals surface area contributed by atoms with Gasteiger partial charge in [0.15, 0.2) is 0 Å². The largest absolute Gasteiger partial charge is 0.465 e. The van der Waals surface area contributed by atoms with Crippen LogP contribution < -0.4 is 0 Å². The third-order valence-corrected chi connectivity index (χ3v) is 6.36. The summed E-state index contributed by atoms with van der Waals surface area (Å²) in [6, 6.07) is 13.7. The van der Waals surface area contributed by atoms with Crippen molar-refractivity contribution in [1.29, 1.82) is 0 Å². The summed E-state index contributed by atoms with van der Waals surface area (Å²) >= 11 is 1.70. The summed E-state index contributed by atoms with van der Waals surface area (Å²) in [4.78, 5) is 29.1. The van der Waals surface area contributed by atoms with Gasteiger partial charge in [0.05, 0.1) is 19.2 Å². The van der Waals surface area contributed by atoms with Gasteiger partial charge in [0.2, 0.25) is 5.91 Å². The predicted octanol–water partition coefficient (Wildman–Crippen LogP) is 4.34. The van der Waals surface area contributed by atoms with Crippen molar-refractivity contribution in [3.8, 4) is 0 Å². The summed E-state index contributed by atoms with van der Waals surface area (Å²) in [5.41, 5.74) is 2.41. The van der Waals surface area contributed by atoms with Gasteiger partial charge in [-0.1, -0.05) is 38.1 Å². The van der Waals surface area contributed by atoms with E-state index in [0.29, 0.717) is 31.1 Å². The molecule has 0 N–H and O–H groups in total. The first-order valence-corrected chi connectivity index (χ1v) is 11.5. The maximum absolute atomic E-state index is 13.3. The molecule has 0 radical (unpaired) electrons. The standard InChI is InChI=1S/C24H29FN2O3S/c1-17(2)14-26(15-18-5-4-6-20(13-18)24(29)30-3)16-22(28)27-11-12-31-23(27)19-7-9-21(25)10-8-19/h4-10,13,17,23H,11-12,14-16H2,1-3H3/t23-/m0/s1. The summed E-state index contributed by atoms with van der Waals surface area (Å²) in [6.45, 7) is 6.54. The Bertz CT molecular complexity index is 904. The highest BCUT2D eigenvalue weighted by Crippen LogP contribution is 2.38. The fourth-order valence-electron chi connectivity index (χ4n) is 3.79. The minimum atomic E-state index is -0.371. The van der Waals surface area contributed by atoms with E-state index < -0.39 is 0 Å². The normalized spacial score (nSPS) is 16.2. The molecule has 0 spiro atoms. The summed E-state index contributed by atoms with van der Waals surface area (Å²) in [6.07, 6.45) is 0. The number of thioether (sulfide) groups is 1. The number of rotatable bonds is 8. The second-order valence-corrected chi connectivity index (χ2v) is 9.31. The van der Waals surface area contributed by atoms with Crippen LogP contribution in [0, 0.1) is 11.7 Å². The number of ether oxygens (including phenoxy) is 1. The van der Waals surface area contributed by atoms with Gasteiger partial charge < -0.3 is 9.64 Å². The van der Waals surface area contributed by atoms with E-state index in [4.69, 9.17) is 4.74 Å². The number of methoxy groups -OCH3 is 1. The molecule has 1 atom stereocenters. The molecule has 1 amide bonds. The lowest BCUT2D eigenvalue weighted by Gasteiger charge is -2.29. The number of amides is 1. The second-order valence-electron chi connectivity index (χ2n) is 8.12. The number of carbonyl (C=O) groups is 2. The van der Waals surface area contributed by atoms with E-state index in [2.05, 4.69) is 18.7 Å². The Morgan fingerprint density at radius 2 is 1.97 bits per heavy atom. The van der Waals surface area contributed by atoms with E-state index in [1.54, 1.807) is 30.0 Å². The van der Waals surface area contributed by atoms with Gasteiger partial charge in [0, 0.05) is 25.4 Å². The number of halogens is 1. The summed E-state index contributed by atoms with van der Waals surface area (Å²) in [5.74, 6) is 0.659. The summed E-state index contributed by atoms with van der Waals surface area (Å²) in [7, 11) is 1.37. The molecule has 31 heavy (non-hydrogen) atoms. The number of hydrogen-bond donors (Lipinski definition) is 0. The molecule has 166 valence electrons. The van der Waals surface area contributed by atoms with Crippen LogP contribution in [0.2, 0.25) is 0 Å². The van der Waals surface area contributed by atoms with Gasteiger partial charge in [-0.15, -0.1) is 11.8 Å². The zero-order valence-electron chi connectivity index (χ0n) is 18.2. The van der Waals surface area contributed by atoms with E-state index in [1.807, 2.05) is 23.1 Å². The van der Waals surface area contributed by atoms with Crippen molar-refractivity contribution in [1.82, 2.24) is 9.80 Å². The Balaban J connectivity index is 1.72. The first-order chi connectivity index (χ1) is 14.9. The third kappa shape index (κ3) is 6.31. The van der Waals surface area contributed by atoms with Crippen LogP contribution in [0.1, 0.15) is 40.7 Å². The number of carbonyl (C=O) groups excluding carboxylic acids is 2. The van der Waals surface area contributed by atoms with E-state index in [-0.39, 0.29) is 23.1 Å². The highest BCUT2D eigenvalue weighted by atomic mass is 32.2. The molecule has 0 bridgehead atoms. The van der Waals surface area contributed by atoms with Crippen LogP contribution in [0.15, 0.2) is 48.5 Å². The molecule has 0 saturated carbocycles. The molecule has 1 aliphatic rings. The Morgan fingerprint density at radius 3 is 2.65 bits per heavy atom.